The SMILES string of the molecule is CC(C)(C(=O)O)S(=O)CC1OCCc2ccccc21. The molecule has 104 valence electrons. The Morgan fingerprint density at radius 1 is 1.47 bits per heavy atom. The number of ether oxygens (including phenoxy) is 1. The first-order valence-electron chi connectivity index (χ1n) is 6.24. The standard InChI is InChI=1S/C14H18O4S/c1-14(2,13(15)16)19(17)9-12-11-6-4-3-5-10(11)7-8-18-12/h3-6,12H,7-9H2,1-2H3,(H,15,16). The van der Waals surface area contributed by atoms with Crippen molar-refractivity contribution >= 4 is 16.8 Å². The highest BCUT2D eigenvalue weighted by Gasteiger charge is 2.36. The minimum Gasteiger partial charge on any atom is -0.480 e. The lowest BCUT2D eigenvalue weighted by atomic mass is 9.99. The van der Waals surface area contributed by atoms with Gasteiger partial charge in [0.1, 0.15) is 4.75 Å². The van der Waals surface area contributed by atoms with Gasteiger partial charge in [0.2, 0.25) is 0 Å². The predicted molar refractivity (Wildman–Crippen MR) is 73.6 cm³/mol. The molecule has 1 N–H and O–H groups in total. The van der Waals surface area contributed by atoms with Crippen LogP contribution in [0.5, 0.6) is 0 Å². The van der Waals surface area contributed by atoms with Crippen molar-refractivity contribution in [3.8, 4) is 0 Å². The second kappa shape index (κ2) is 5.43. The third kappa shape index (κ3) is 2.87. The summed E-state index contributed by atoms with van der Waals surface area (Å²) in [4.78, 5) is 11.1. The lowest BCUT2D eigenvalue weighted by Gasteiger charge is -2.28. The van der Waals surface area contributed by atoms with Gasteiger partial charge in [-0.25, -0.2) is 0 Å². The van der Waals surface area contributed by atoms with Crippen LogP contribution in [0.3, 0.4) is 0 Å². The normalized spacial score (nSPS) is 20.6. The molecular weight excluding hydrogens is 264 g/mol. The molecular formula is C14H18O4S. The number of hydrogen-bond acceptors (Lipinski definition) is 3. The van der Waals surface area contributed by atoms with Gasteiger partial charge in [0.25, 0.3) is 0 Å². The minimum atomic E-state index is -1.49. The summed E-state index contributed by atoms with van der Waals surface area (Å²) in [6.07, 6.45) is 0.575. The fourth-order valence-corrected chi connectivity index (χ4v) is 3.22. The third-order valence-corrected chi connectivity index (χ3v) is 5.40. The number of carboxylic acid groups (broad SMARTS) is 1. The van der Waals surface area contributed by atoms with Crippen molar-refractivity contribution in [2.75, 3.05) is 12.4 Å². The maximum absolute atomic E-state index is 12.2. The number of benzene rings is 1. The summed E-state index contributed by atoms with van der Waals surface area (Å²) in [5, 5.41) is 9.10. The van der Waals surface area contributed by atoms with Crippen molar-refractivity contribution in [3.63, 3.8) is 0 Å². The van der Waals surface area contributed by atoms with Crippen LogP contribution in [0.2, 0.25) is 0 Å². The van der Waals surface area contributed by atoms with E-state index in [2.05, 4.69) is 0 Å². The molecule has 0 aliphatic carbocycles. The van der Waals surface area contributed by atoms with Crippen LogP contribution in [-0.2, 0) is 26.8 Å². The molecule has 0 spiro atoms. The number of carbonyl (C=O) groups is 1. The molecule has 2 atom stereocenters. The summed E-state index contributed by atoms with van der Waals surface area (Å²) >= 11 is 0. The van der Waals surface area contributed by atoms with Gasteiger partial charge >= 0.3 is 5.97 Å². The highest BCUT2D eigenvalue weighted by Crippen LogP contribution is 2.29. The van der Waals surface area contributed by atoms with E-state index in [-0.39, 0.29) is 11.9 Å². The van der Waals surface area contributed by atoms with Gasteiger partial charge in [-0.05, 0) is 31.4 Å². The predicted octanol–water partition coefficient (Wildman–Crippen LogP) is 1.91. The van der Waals surface area contributed by atoms with Gasteiger partial charge in [-0.3, -0.25) is 9.00 Å². The van der Waals surface area contributed by atoms with Crippen LogP contribution in [-0.4, -0.2) is 32.4 Å². The first kappa shape index (κ1) is 14.2. The van der Waals surface area contributed by atoms with Crippen LogP contribution >= 0.6 is 0 Å². The van der Waals surface area contributed by atoms with Gasteiger partial charge in [0.15, 0.2) is 0 Å². The van der Waals surface area contributed by atoms with Crippen molar-refractivity contribution < 1.29 is 18.8 Å². The van der Waals surface area contributed by atoms with Gasteiger partial charge in [0, 0.05) is 10.8 Å². The molecule has 0 bridgehead atoms. The van der Waals surface area contributed by atoms with E-state index in [1.54, 1.807) is 0 Å². The summed E-state index contributed by atoms with van der Waals surface area (Å²) in [5.74, 6) is -0.828. The van der Waals surface area contributed by atoms with E-state index < -0.39 is 21.5 Å². The van der Waals surface area contributed by atoms with Crippen LogP contribution in [0.1, 0.15) is 31.1 Å². The third-order valence-electron chi connectivity index (χ3n) is 3.48. The summed E-state index contributed by atoms with van der Waals surface area (Å²) < 4.78 is 16.6. The maximum Gasteiger partial charge on any atom is 0.321 e. The molecule has 1 aliphatic rings. The Balaban J connectivity index is 2.18. The van der Waals surface area contributed by atoms with E-state index in [1.165, 1.54) is 19.4 Å². The van der Waals surface area contributed by atoms with Crippen molar-refractivity contribution in [2.24, 2.45) is 0 Å². The molecule has 1 heterocycles. The zero-order chi connectivity index (χ0) is 14.0. The molecule has 0 radical (unpaired) electrons. The fraction of sp³-hybridized carbons (Fsp3) is 0.500. The van der Waals surface area contributed by atoms with Gasteiger partial charge in [-0.15, -0.1) is 0 Å². The smallest absolute Gasteiger partial charge is 0.321 e. The van der Waals surface area contributed by atoms with Gasteiger partial charge in [-0.1, -0.05) is 24.3 Å². The second-order valence-electron chi connectivity index (χ2n) is 5.14. The highest BCUT2D eigenvalue weighted by molar-refractivity contribution is 7.87. The summed E-state index contributed by atoms with van der Waals surface area (Å²) in [6.45, 7) is 3.56. The van der Waals surface area contributed by atoms with E-state index in [4.69, 9.17) is 9.84 Å². The number of rotatable bonds is 4. The Kier molecular flexibility index (Phi) is 4.06. The zero-order valence-electron chi connectivity index (χ0n) is 11.1. The first-order chi connectivity index (χ1) is 8.93. The fourth-order valence-electron chi connectivity index (χ4n) is 2.06. The number of carboxylic acids is 1. The molecule has 5 heteroatoms. The van der Waals surface area contributed by atoms with E-state index in [9.17, 15) is 9.00 Å². The average molecular weight is 282 g/mol. The summed E-state index contributed by atoms with van der Waals surface area (Å²) in [5.41, 5.74) is 2.23. The number of fused-ring (bicyclic) bond motifs is 1. The topological polar surface area (TPSA) is 63.6 Å². The van der Waals surface area contributed by atoms with Crippen molar-refractivity contribution in [3.05, 3.63) is 35.4 Å². The monoisotopic (exact) mass is 282 g/mol. The van der Waals surface area contributed by atoms with E-state index in [0.717, 1.165) is 12.0 Å². The summed E-state index contributed by atoms with van der Waals surface area (Å²) in [6, 6.07) is 7.89. The second-order valence-corrected chi connectivity index (χ2v) is 7.18. The van der Waals surface area contributed by atoms with Gasteiger partial charge < -0.3 is 9.84 Å². The Labute approximate surface area is 115 Å². The number of aliphatic carboxylic acids is 1. The van der Waals surface area contributed by atoms with Crippen LogP contribution in [0.25, 0.3) is 0 Å². The van der Waals surface area contributed by atoms with E-state index >= 15 is 0 Å². The van der Waals surface area contributed by atoms with Crippen molar-refractivity contribution in [2.45, 2.75) is 31.1 Å². The highest BCUT2D eigenvalue weighted by atomic mass is 32.2. The minimum absolute atomic E-state index is 0.219. The lowest BCUT2D eigenvalue weighted by molar-refractivity contribution is -0.139. The van der Waals surface area contributed by atoms with E-state index in [0.29, 0.717) is 6.61 Å². The molecule has 0 aromatic heterocycles. The Morgan fingerprint density at radius 3 is 2.84 bits per heavy atom. The molecule has 2 rings (SSSR count). The first-order valence-corrected chi connectivity index (χ1v) is 7.56. The number of hydrogen-bond donors (Lipinski definition) is 1. The summed E-state index contributed by atoms with van der Waals surface area (Å²) in [7, 11) is -1.49. The Hall–Kier alpha value is -1.20. The lowest BCUT2D eigenvalue weighted by Crippen LogP contribution is -2.39. The Bertz CT molecular complexity index is 510. The molecule has 19 heavy (non-hydrogen) atoms. The van der Waals surface area contributed by atoms with Gasteiger partial charge in [-0.2, -0.15) is 0 Å². The largest absolute Gasteiger partial charge is 0.480 e. The van der Waals surface area contributed by atoms with Crippen LogP contribution in [0.4, 0.5) is 0 Å². The van der Waals surface area contributed by atoms with E-state index in [1.807, 2.05) is 24.3 Å². The molecule has 4 nitrogen and oxygen atoms in total. The molecule has 1 aromatic rings. The molecule has 1 aliphatic heterocycles. The Morgan fingerprint density at radius 2 is 2.16 bits per heavy atom. The van der Waals surface area contributed by atoms with Crippen LogP contribution < -0.4 is 0 Å². The van der Waals surface area contributed by atoms with Crippen LogP contribution in [0.15, 0.2) is 24.3 Å². The molecule has 0 fully saturated rings. The average Bonchev–Trinajstić information content (AvgIpc) is 2.39. The molecule has 0 amide bonds. The van der Waals surface area contributed by atoms with Crippen LogP contribution in [0, 0.1) is 0 Å². The van der Waals surface area contributed by atoms with Gasteiger partial charge in [0.05, 0.1) is 18.5 Å². The molecule has 0 saturated heterocycles. The maximum atomic E-state index is 12.2. The quantitative estimate of drug-likeness (QED) is 0.916. The van der Waals surface area contributed by atoms with Crippen molar-refractivity contribution in [1.29, 1.82) is 0 Å². The molecule has 2 unspecified atom stereocenters. The molecule has 0 saturated carbocycles. The molecule has 1 aromatic carbocycles. The van der Waals surface area contributed by atoms with Crippen molar-refractivity contribution in [1.82, 2.24) is 0 Å². The zero-order valence-corrected chi connectivity index (χ0v) is 11.9.